The monoisotopic (exact) mass is 314 g/mol. The van der Waals surface area contributed by atoms with Crippen molar-refractivity contribution in [1.29, 1.82) is 0 Å². The van der Waals surface area contributed by atoms with Crippen molar-refractivity contribution in [2.75, 3.05) is 39.8 Å². The summed E-state index contributed by atoms with van der Waals surface area (Å²) in [6.07, 6.45) is 2.31. The van der Waals surface area contributed by atoms with Crippen molar-refractivity contribution < 1.29 is 9.59 Å². The molecule has 1 fully saturated rings. The van der Waals surface area contributed by atoms with Gasteiger partial charge < -0.3 is 20.1 Å². The number of carbonyl (C=O) groups excluding carboxylic acids is 2. The second-order valence-corrected chi connectivity index (χ2v) is 5.83. The highest BCUT2D eigenvalue weighted by Gasteiger charge is 2.24. The van der Waals surface area contributed by atoms with Gasteiger partial charge in [0.2, 0.25) is 11.8 Å². The second-order valence-electron chi connectivity index (χ2n) is 5.83. The van der Waals surface area contributed by atoms with Crippen LogP contribution in [-0.2, 0) is 16.0 Å². The number of hydrogen-bond donors (Lipinski definition) is 2. The zero-order chi connectivity index (χ0) is 16.2. The van der Waals surface area contributed by atoms with Gasteiger partial charge in [-0.05, 0) is 18.7 Å². The van der Waals surface area contributed by atoms with Gasteiger partial charge in [-0.15, -0.1) is 0 Å². The van der Waals surface area contributed by atoms with Crippen LogP contribution in [0.25, 0.3) is 10.9 Å². The molecule has 3 rings (SSSR count). The number of H-pyrrole nitrogens is 1. The number of aromatic nitrogens is 1. The molecule has 0 aliphatic carbocycles. The van der Waals surface area contributed by atoms with Gasteiger partial charge in [-0.2, -0.15) is 0 Å². The van der Waals surface area contributed by atoms with E-state index in [-0.39, 0.29) is 11.8 Å². The van der Waals surface area contributed by atoms with Crippen LogP contribution in [0, 0.1) is 0 Å². The molecule has 0 atom stereocenters. The van der Waals surface area contributed by atoms with Gasteiger partial charge in [-0.25, -0.2) is 0 Å². The predicted molar refractivity (Wildman–Crippen MR) is 89.1 cm³/mol. The van der Waals surface area contributed by atoms with Gasteiger partial charge in [0.15, 0.2) is 0 Å². The number of para-hydroxylation sites is 1. The van der Waals surface area contributed by atoms with Crippen LogP contribution in [0.2, 0.25) is 0 Å². The minimum atomic E-state index is 0.0937. The summed E-state index contributed by atoms with van der Waals surface area (Å²) in [6.45, 7) is 2.79. The van der Waals surface area contributed by atoms with Crippen molar-refractivity contribution in [1.82, 2.24) is 20.1 Å². The topological polar surface area (TPSA) is 68.4 Å². The summed E-state index contributed by atoms with van der Waals surface area (Å²) in [5, 5.41) is 3.97. The lowest BCUT2D eigenvalue weighted by Gasteiger charge is -2.34. The zero-order valence-electron chi connectivity index (χ0n) is 13.3. The zero-order valence-corrected chi connectivity index (χ0v) is 13.3. The normalized spacial score (nSPS) is 15.2. The minimum Gasteiger partial charge on any atom is -0.361 e. The van der Waals surface area contributed by atoms with E-state index >= 15 is 0 Å². The fraction of sp³-hybridized carbons (Fsp3) is 0.412. The Morgan fingerprint density at radius 3 is 2.43 bits per heavy atom. The highest BCUT2D eigenvalue weighted by atomic mass is 16.2. The smallest absolute Gasteiger partial charge is 0.236 e. The van der Waals surface area contributed by atoms with Gasteiger partial charge in [0.25, 0.3) is 0 Å². The van der Waals surface area contributed by atoms with Crippen molar-refractivity contribution in [3.05, 3.63) is 36.0 Å². The van der Waals surface area contributed by atoms with E-state index in [1.807, 2.05) is 40.3 Å². The van der Waals surface area contributed by atoms with Gasteiger partial charge in [0.05, 0.1) is 13.0 Å². The molecule has 1 saturated heterocycles. The van der Waals surface area contributed by atoms with E-state index in [1.165, 1.54) is 0 Å². The summed E-state index contributed by atoms with van der Waals surface area (Å²) in [5.41, 5.74) is 2.08. The summed E-state index contributed by atoms with van der Waals surface area (Å²) in [4.78, 5) is 31.2. The van der Waals surface area contributed by atoms with Gasteiger partial charge in [0, 0.05) is 43.3 Å². The largest absolute Gasteiger partial charge is 0.361 e. The van der Waals surface area contributed by atoms with Crippen molar-refractivity contribution in [2.24, 2.45) is 0 Å². The molecular formula is C17H22N4O2. The Balaban J connectivity index is 1.59. The van der Waals surface area contributed by atoms with E-state index in [4.69, 9.17) is 0 Å². The van der Waals surface area contributed by atoms with Crippen LogP contribution >= 0.6 is 0 Å². The van der Waals surface area contributed by atoms with Crippen molar-refractivity contribution in [2.45, 2.75) is 6.42 Å². The van der Waals surface area contributed by atoms with Crippen LogP contribution in [0.5, 0.6) is 0 Å². The average molecular weight is 314 g/mol. The third-order valence-electron chi connectivity index (χ3n) is 4.33. The van der Waals surface area contributed by atoms with Crippen molar-refractivity contribution >= 4 is 22.7 Å². The van der Waals surface area contributed by atoms with Crippen LogP contribution in [0.15, 0.2) is 30.5 Å². The number of piperazine rings is 1. The molecule has 1 aliphatic rings. The molecule has 1 aliphatic heterocycles. The van der Waals surface area contributed by atoms with Crippen LogP contribution in [-0.4, -0.2) is 66.4 Å². The summed E-state index contributed by atoms with van der Waals surface area (Å²) >= 11 is 0. The molecule has 0 unspecified atom stereocenters. The predicted octanol–water partition coefficient (Wildman–Crippen LogP) is 0.601. The summed E-state index contributed by atoms with van der Waals surface area (Å²) in [5.74, 6) is 0.215. The third-order valence-corrected chi connectivity index (χ3v) is 4.33. The lowest BCUT2D eigenvalue weighted by atomic mass is 10.1. The van der Waals surface area contributed by atoms with Crippen LogP contribution in [0.1, 0.15) is 5.56 Å². The SMILES string of the molecule is CNCC(=O)N1CCN(C(=O)Cc2c[nH]c3ccccc23)CC1. The van der Waals surface area contributed by atoms with E-state index in [9.17, 15) is 9.59 Å². The van der Waals surface area contributed by atoms with Crippen LogP contribution in [0.3, 0.4) is 0 Å². The number of hydrogen-bond acceptors (Lipinski definition) is 3. The highest BCUT2D eigenvalue weighted by molar-refractivity contribution is 5.89. The number of likely N-dealkylation sites (N-methyl/N-ethyl adjacent to an activating group) is 1. The first kappa shape index (κ1) is 15.6. The second kappa shape index (κ2) is 6.83. The lowest BCUT2D eigenvalue weighted by Crippen LogP contribution is -2.52. The third kappa shape index (κ3) is 3.37. The number of nitrogens with zero attached hydrogens (tertiary/aromatic N) is 2. The van der Waals surface area contributed by atoms with E-state index in [2.05, 4.69) is 10.3 Å². The maximum absolute atomic E-state index is 12.5. The Hall–Kier alpha value is -2.34. The molecule has 2 N–H and O–H groups in total. The Labute approximate surface area is 135 Å². The van der Waals surface area contributed by atoms with Crippen molar-refractivity contribution in [3.8, 4) is 0 Å². The number of benzene rings is 1. The maximum Gasteiger partial charge on any atom is 0.236 e. The van der Waals surface area contributed by atoms with E-state index in [1.54, 1.807) is 7.05 Å². The molecule has 6 nitrogen and oxygen atoms in total. The molecule has 1 aromatic carbocycles. The first-order valence-electron chi connectivity index (χ1n) is 7.94. The average Bonchev–Trinajstić information content (AvgIpc) is 2.98. The van der Waals surface area contributed by atoms with E-state index in [0.717, 1.165) is 16.5 Å². The number of carbonyl (C=O) groups is 2. The maximum atomic E-state index is 12.5. The fourth-order valence-electron chi connectivity index (χ4n) is 3.02. The number of nitrogens with one attached hydrogen (secondary N) is 2. The minimum absolute atomic E-state index is 0.0937. The molecule has 0 bridgehead atoms. The first-order valence-corrected chi connectivity index (χ1v) is 7.94. The van der Waals surface area contributed by atoms with Gasteiger partial charge in [-0.1, -0.05) is 18.2 Å². The molecule has 6 heteroatoms. The Kier molecular flexibility index (Phi) is 4.62. The van der Waals surface area contributed by atoms with Gasteiger partial charge in [-0.3, -0.25) is 9.59 Å². The fourth-order valence-corrected chi connectivity index (χ4v) is 3.02. The summed E-state index contributed by atoms with van der Waals surface area (Å²) in [6, 6.07) is 8.00. The number of fused-ring (bicyclic) bond motifs is 1. The molecule has 0 spiro atoms. The Morgan fingerprint density at radius 1 is 1.09 bits per heavy atom. The van der Waals surface area contributed by atoms with Crippen LogP contribution < -0.4 is 5.32 Å². The number of rotatable bonds is 4. The molecule has 0 radical (unpaired) electrons. The van der Waals surface area contributed by atoms with Gasteiger partial charge >= 0.3 is 0 Å². The molecular weight excluding hydrogens is 292 g/mol. The Bertz CT molecular complexity index is 701. The molecule has 2 aromatic rings. The first-order chi connectivity index (χ1) is 11.2. The van der Waals surface area contributed by atoms with Crippen molar-refractivity contribution in [3.63, 3.8) is 0 Å². The molecule has 1 aromatic heterocycles. The number of aromatic amines is 1. The van der Waals surface area contributed by atoms with E-state index in [0.29, 0.717) is 39.1 Å². The number of amides is 2. The lowest BCUT2D eigenvalue weighted by molar-refractivity contribution is -0.138. The quantitative estimate of drug-likeness (QED) is 0.868. The standard InChI is InChI=1S/C17H22N4O2/c1-18-12-17(23)21-8-6-20(7-9-21)16(22)10-13-11-19-15-5-3-2-4-14(13)15/h2-5,11,18-19H,6-10,12H2,1H3. The molecule has 0 saturated carbocycles. The highest BCUT2D eigenvalue weighted by Crippen LogP contribution is 2.19. The van der Waals surface area contributed by atoms with Crippen LogP contribution in [0.4, 0.5) is 0 Å². The molecule has 23 heavy (non-hydrogen) atoms. The Morgan fingerprint density at radius 2 is 1.74 bits per heavy atom. The molecule has 122 valence electrons. The van der Waals surface area contributed by atoms with Gasteiger partial charge in [0.1, 0.15) is 0 Å². The summed E-state index contributed by atoms with van der Waals surface area (Å²) in [7, 11) is 1.76. The summed E-state index contributed by atoms with van der Waals surface area (Å²) < 4.78 is 0. The molecule has 2 amide bonds. The molecule has 2 heterocycles. The van der Waals surface area contributed by atoms with E-state index < -0.39 is 0 Å².